The van der Waals surface area contributed by atoms with Gasteiger partial charge in [0.05, 0.1) is 24.5 Å². The number of nitrogens with zero attached hydrogens (tertiary/aromatic N) is 2. The fourth-order valence-corrected chi connectivity index (χ4v) is 1.50. The van der Waals surface area contributed by atoms with Gasteiger partial charge in [0.1, 0.15) is 0 Å². The number of aromatic nitrogens is 2. The van der Waals surface area contributed by atoms with Gasteiger partial charge >= 0.3 is 0 Å². The van der Waals surface area contributed by atoms with Crippen LogP contribution >= 0.6 is 0 Å². The maximum atomic E-state index is 8.86. The van der Waals surface area contributed by atoms with Crippen LogP contribution in [0.15, 0.2) is 6.07 Å². The number of hydrogen-bond donors (Lipinski definition) is 2. The first-order chi connectivity index (χ1) is 5.79. The molecule has 1 aliphatic rings. The molecule has 0 aromatic carbocycles. The summed E-state index contributed by atoms with van der Waals surface area (Å²) in [6, 6.07) is 2.42. The van der Waals surface area contributed by atoms with Gasteiger partial charge in [-0.15, -0.1) is 0 Å². The monoisotopic (exact) mass is 167 g/mol. The summed E-state index contributed by atoms with van der Waals surface area (Å²) in [4.78, 5) is 0. The third-order valence-corrected chi connectivity index (χ3v) is 2.15. The van der Waals surface area contributed by atoms with Gasteiger partial charge in [-0.1, -0.05) is 0 Å². The SMILES string of the molecule is CC1Cn2nc(CO)cc2CN1. The molecule has 12 heavy (non-hydrogen) atoms. The molecule has 1 aromatic heterocycles. The third-order valence-electron chi connectivity index (χ3n) is 2.15. The Morgan fingerprint density at radius 3 is 3.42 bits per heavy atom. The summed E-state index contributed by atoms with van der Waals surface area (Å²) >= 11 is 0. The molecule has 0 amide bonds. The summed E-state index contributed by atoms with van der Waals surface area (Å²) in [5.41, 5.74) is 1.93. The van der Waals surface area contributed by atoms with E-state index in [4.69, 9.17) is 5.11 Å². The fraction of sp³-hybridized carbons (Fsp3) is 0.625. The van der Waals surface area contributed by atoms with Crippen molar-refractivity contribution in [2.75, 3.05) is 0 Å². The number of aliphatic hydroxyl groups is 1. The van der Waals surface area contributed by atoms with Crippen molar-refractivity contribution in [1.82, 2.24) is 15.1 Å². The standard InChI is InChI=1S/C8H13N3O/c1-6-4-11-8(3-9-6)2-7(5-12)10-11/h2,6,9,12H,3-5H2,1H3. The minimum absolute atomic E-state index is 0.0361. The predicted octanol–water partition coefficient (Wildman–Crippen LogP) is -0.133. The molecule has 0 radical (unpaired) electrons. The van der Waals surface area contributed by atoms with E-state index in [1.807, 2.05) is 10.7 Å². The van der Waals surface area contributed by atoms with Crippen LogP contribution in [0.5, 0.6) is 0 Å². The van der Waals surface area contributed by atoms with E-state index in [2.05, 4.69) is 17.3 Å². The van der Waals surface area contributed by atoms with Gasteiger partial charge in [0.2, 0.25) is 0 Å². The van der Waals surface area contributed by atoms with Gasteiger partial charge in [0.25, 0.3) is 0 Å². The summed E-state index contributed by atoms with van der Waals surface area (Å²) in [7, 11) is 0. The zero-order valence-electron chi connectivity index (χ0n) is 7.12. The Morgan fingerprint density at radius 1 is 1.83 bits per heavy atom. The number of hydrogen-bond acceptors (Lipinski definition) is 3. The van der Waals surface area contributed by atoms with E-state index in [1.165, 1.54) is 0 Å². The molecule has 0 fully saturated rings. The largest absolute Gasteiger partial charge is 0.390 e. The molecule has 0 spiro atoms. The Morgan fingerprint density at radius 2 is 2.67 bits per heavy atom. The molecule has 66 valence electrons. The lowest BCUT2D eigenvalue weighted by Gasteiger charge is -2.21. The zero-order chi connectivity index (χ0) is 8.55. The second-order valence-corrected chi connectivity index (χ2v) is 3.25. The van der Waals surface area contributed by atoms with E-state index in [0.29, 0.717) is 6.04 Å². The van der Waals surface area contributed by atoms with E-state index in [9.17, 15) is 0 Å². The molecule has 4 heteroatoms. The van der Waals surface area contributed by atoms with Gasteiger partial charge in [0.15, 0.2) is 0 Å². The highest BCUT2D eigenvalue weighted by Crippen LogP contribution is 2.09. The van der Waals surface area contributed by atoms with Crippen molar-refractivity contribution in [3.63, 3.8) is 0 Å². The van der Waals surface area contributed by atoms with Crippen molar-refractivity contribution < 1.29 is 5.11 Å². The first-order valence-electron chi connectivity index (χ1n) is 4.19. The Balaban J connectivity index is 2.28. The number of nitrogens with one attached hydrogen (secondary N) is 1. The van der Waals surface area contributed by atoms with Gasteiger partial charge < -0.3 is 10.4 Å². The van der Waals surface area contributed by atoms with Crippen LogP contribution in [-0.2, 0) is 19.7 Å². The summed E-state index contributed by atoms with van der Waals surface area (Å²) in [5.74, 6) is 0. The topological polar surface area (TPSA) is 50.1 Å². The molecule has 1 aliphatic heterocycles. The molecule has 2 N–H and O–H groups in total. The Hall–Kier alpha value is -0.870. The van der Waals surface area contributed by atoms with Crippen LogP contribution < -0.4 is 5.32 Å². The van der Waals surface area contributed by atoms with Gasteiger partial charge in [-0.3, -0.25) is 4.68 Å². The minimum Gasteiger partial charge on any atom is -0.390 e. The van der Waals surface area contributed by atoms with E-state index >= 15 is 0 Å². The molecular weight excluding hydrogens is 154 g/mol. The molecule has 0 saturated heterocycles. The lowest BCUT2D eigenvalue weighted by molar-refractivity contribution is 0.274. The summed E-state index contributed by atoms with van der Waals surface area (Å²) in [6.45, 7) is 3.92. The quantitative estimate of drug-likeness (QED) is 0.612. The smallest absolute Gasteiger partial charge is 0.0882 e. The van der Waals surface area contributed by atoms with E-state index < -0.39 is 0 Å². The van der Waals surface area contributed by atoms with Crippen LogP contribution in [0.4, 0.5) is 0 Å². The van der Waals surface area contributed by atoms with Crippen molar-refractivity contribution in [2.45, 2.75) is 32.7 Å². The van der Waals surface area contributed by atoms with Crippen molar-refractivity contribution in [2.24, 2.45) is 0 Å². The van der Waals surface area contributed by atoms with Crippen LogP contribution in [0.3, 0.4) is 0 Å². The Bertz CT molecular complexity index is 282. The molecule has 4 nitrogen and oxygen atoms in total. The van der Waals surface area contributed by atoms with E-state index in [0.717, 1.165) is 24.5 Å². The van der Waals surface area contributed by atoms with Crippen LogP contribution in [0.1, 0.15) is 18.3 Å². The summed E-state index contributed by atoms with van der Waals surface area (Å²) < 4.78 is 1.96. The maximum absolute atomic E-state index is 8.86. The highest BCUT2D eigenvalue weighted by molar-refractivity contribution is 5.11. The molecule has 1 unspecified atom stereocenters. The first-order valence-corrected chi connectivity index (χ1v) is 4.19. The van der Waals surface area contributed by atoms with Crippen molar-refractivity contribution in [1.29, 1.82) is 0 Å². The molecular formula is C8H13N3O. The average Bonchev–Trinajstić information content (AvgIpc) is 2.46. The number of aliphatic hydroxyl groups excluding tert-OH is 1. The van der Waals surface area contributed by atoms with Gasteiger partial charge in [0, 0.05) is 12.6 Å². The maximum Gasteiger partial charge on any atom is 0.0882 e. The number of rotatable bonds is 1. The van der Waals surface area contributed by atoms with Crippen molar-refractivity contribution >= 4 is 0 Å². The Labute approximate surface area is 71.2 Å². The zero-order valence-corrected chi connectivity index (χ0v) is 7.12. The van der Waals surface area contributed by atoms with E-state index in [-0.39, 0.29) is 6.61 Å². The molecule has 0 aliphatic carbocycles. The first kappa shape index (κ1) is 7.76. The van der Waals surface area contributed by atoms with Gasteiger partial charge in [-0.2, -0.15) is 5.10 Å². The Kier molecular flexibility index (Phi) is 1.86. The number of fused-ring (bicyclic) bond motifs is 1. The van der Waals surface area contributed by atoms with Crippen molar-refractivity contribution in [3.05, 3.63) is 17.5 Å². The van der Waals surface area contributed by atoms with Crippen LogP contribution in [0, 0.1) is 0 Å². The van der Waals surface area contributed by atoms with Crippen LogP contribution in [-0.4, -0.2) is 20.9 Å². The molecule has 2 heterocycles. The minimum atomic E-state index is 0.0361. The van der Waals surface area contributed by atoms with Crippen LogP contribution in [0.25, 0.3) is 0 Å². The third kappa shape index (κ3) is 1.23. The molecule has 0 bridgehead atoms. The summed E-state index contributed by atoms with van der Waals surface area (Å²) in [6.07, 6.45) is 0. The molecule has 1 atom stereocenters. The second-order valence-electron chi connectivity index (χ2n) is 3.25. The molecule has 0 saturated carbocycles. The van der Waals surface area contributed by atoms with Gasteiger partial charge in [-0.05, 0) is 13.0 Å². The summed E-state index contributed by atoms with van der Waals surface area (Å²) in [5, 5.41) is 16.4. The lowest BCUT2D eigenvalue weighted by Crippen LogP contribution is -2.36. The highest BCUT2D eigenvalue weighted by atomic mass is 16.3. The predicted molar refractivity (Wildman–Crippen MR) is 44.5 cm³/mol. The fourth-order valence-electron chi connectivity index (χ4n) is 1.50. The van der Waals surface area contributed by atoms with Gasteiger partial charge in [-0.25, -0.2) is 0 Å². The highest BCUT2D eigenvalue weighted by Gasteiger charge is 2.15. The van der Waals surface area contributed by atoms with Crippen LogP contribution in [0.2, 0.25) is 0 Å². The molecule has 2 rings (SSSR count). The average molecular weight is 167 g/mol. The lowest BCUT2D eigenvalue weighted by atomic mass is 10.2. The normalized spacial score (nSPS) is 22.3. The van der Waals surface area contributed by atoms with Crippen molar-refractivity contribution in [3.8, 4) is 0 Å². The van der Waals surface area contributed by atoms with E-state index in [1.54, 1.807) is 0 Å². The molecule has 1 aromatic rings. The second kappa shape index (κ2) is 2.88.